The number of rotatable bonds is 3. The molecule has 1 N–H and O–H groups in total. The fourth-order valence-corrected chi connectivity index (χ4v) is 3.55. The Labute approximate surface area is 151 Å². The number of hydrogen-bond donors (Lipinski definition) is 1. The lowest BCUT2D eigenvalue weighted by atomic mass is 10.1. The molecular formula is C18H25F3N4O. The highest BCUT2D eigenvalue weighted by atomic mass is 19.4. The van der Waals surface area contributed by atoms with E-state index in [1.165, 1.54) is 12.1 Å². The number of hydrogen-bond acceptors (Lipinski definition) is 3. The molecule has 2 fully saturated rings. The van der Waals surface area contributed by atoms with Crippen LogP contribution >= 0.6 is 0 Å². The van der Waals surface area contributed by atoms with Crippen molar-refractivity contribution in [3.05, 3.63) is 35.4 Å². The van der Waals surface area contributed by atoms with Crippen molar-refractivity contribution in [1.82, 2.24) is 15.1 Å². The van der Waals surface area contributed by atoms with Crippen molar-refractivity contribution in [2.75, 3.05) is 46.4 Å². The number of nitrogens with one attached hydrogen (secondary N) is 1. The highest BCUT2D eigenvalue weighted by molar-refractivity contribution is 5.80. The second kappa shape index (κ2) is 8.26. The fraction of sp³-hybridized carbons (Fsp3) is 0.611. The molecule has 0 radical (unpaired) electrons. The summed E-state index contributed by atoms with van der Waals surface area (Å²) in [5.41, 5.74) is -0.0368. The summed E-state index contributed by atoms with van der Waals surface area (Å²) < 4.78 is 43.9. The molecule has 1 unspecified atom stereocenters. The molecule has 0 bridgehead atoms. The number of alkyl halides is 3. The quantitative estimate of drug-likeness (QED) is 0.654. The van der Waals surface area contributed by atoms with Crippen LogP contribution in [0.1, 0.15) is 17.5 Å². The van der Waals surface area contributed by atoms with Crippen LogP contribution in [0.25, 0.3) is 0 Å². The first kappa shape index (κ1) is 19.0. The maximum atomic E-state index is 12.8. The molecule has 2 saturated heterocycles. The monoisotopic (exact) mass is 370 g/mol. The van der Waals surface area contributed by atoms with Crippen molar-refractivity contribution >= 4 is 5.96 Å². The van der Waals surface area contributed by atoms with Crippen molar-refractivity contribution < 1.29 is 17.9 Å². The smallest absolute Gasteiger partial charge is 0.379 e. The lowest BCUT2D eigenvalue weighted by Crippen LogP contribution is -2.46. The molecule has 5 nitrogen and oxygen atoms in total. The van der Waals surface area contributed by atoms with E-state index < -0.39 is 11.7 Å². The standard InChI is InChI=1S/C18H25F3N4O/c1-22-17(23-12-14-3-2-4-15(11-14)18(19,20)21)25-6-5-16(13-25)24-7-9-26-10-8-24/h2-4,11,16H,5-10,12-13H2,1H3,(H,22,23). The number of guanidine groups is 1. The molecule has 3 rings (SSSR count). The molecule has 0 aliphatic carbocycles. The van der Waals surface area contributed by atoms with Crippen LogP contribution in [0.2, 0.25) is 0 Å². The molecule has 144 valence electrons. The van der Waals surface area contributed by atoms with E-state index in [1.807, 2.05) is 0 Å². The topological polar surface area (TPSA) is 40.1 Å². The summed E-state index contributed by atoms with van der Waals surface area (Å²) in [5.74, 6) is 0.734. The Morgan fingerprint density at radius 3 is 2.73 bits per heavy atom. The summed E-state index contributed by atoms with van der Waals surface area (Å²) in [6.45, 7) is 5.55. The van der Waals surface area contributed by atoms with Gasteiger partial charge in [-0.25, -0.2) is 0 Å². The Kier molecular flexibility index (Phi) is 6.03. The van der Waals surface area contributed by atoms with Crippen LogP contribution in [0.15, 0.2) is 29.3 Å². The third-order valence-corrected chi connectivity index (χ3v) is 4.94. The van der Waals surface area contributed by atoms with Crippen molar-refractivity contribution in [2.45, 2.75) is 25.2 Å². The predicted molar refractivity (Wildman–Crippen MR) is 94.0 cm³/mol. The number of likely N-dealkylation sites (tertiary alicyclic amines) is 1. The molecule has 0 aromatic heterocycles. The van der Waals surface area contributed by atoms with E-state index in [0.717, 1.165) is 57.8 Å². The second-order valence-electron chi connectivity index (χ2n) is 6.64. The highest BCUT2D eigenvalue weighted by Gasteiger charge is 2.31. The highest BCUT2D eigenvalue weighted by Crippen LogP contribution is 2.29. The minimum absolute atomic E-state index is 0.315. The number of aliphatic imine (C=N–C) groups is 1. The van der Waals surface area contributed by atoms with Gasteiger partial charge in [0.05, 0.1) is 18.8 Å². The molecule has 2 aliphatic heterocycles. The Bertz CT molecular complexity index is 629. The van der Waals surface area contributed by atoms with E-state index in [2.05, 4.69) is 20.1 Å². The largest absolute Gasteiger partial charge is 0.416 e. The van der Waals surface area contributed by atoms with Crippen LogP contribution in [0.4, 0.5) is 13.2 Å². The van der Waals surface area contributed by atoms with E-state index in [4.69, 9.17) is 4.74 Å². The molecule has 0 amide bonds. The van der Waals surface area contributed by atoms with Crippen LogP contribution in [-0.4, -0.2) is 68.2 Å². The number of nitrogens with zero attached hydrogens (tertiary/aromatic N) is 3. The minimum atomic E-state index is -4.32. The van der Waals surface area contributed by atoms with E-state index in [0.29, 0.717) is 18.2 Å². The zero-order chi connectivity index (χ0) is 18.6. The lowest BCUT2D eigenvalue weighted by molar-refractivity contribution is -0.137. The number of morpholine rings is 1. The van der Waals surface area contributed by atoms with Gasteiger partial charge in [0.15, 0.2) is 5.96 Å². The number of benzene rings is 1. The van der Waals surface area contributed by atoms with Gasteiger partial charge in [-0.3, -0.25) is 9.89 Å². The predicted octanol–water partition coefficient (Wildman–Crippen LogP) is 2.19. The van der Waals surface area contributed by atoms with Gasteiger partial charge in [0.1, 0.15) is 0 Å². The van der Waals surface area contributed by atoms with Gasteiger partial charge < -0.3 is 15.0 Å². The third-order valence-electron chi connectivity index (χ3n) is 4.94. The van der Waals surface area contributed by atoms with Gasteiger partial charge in [0, 0.05) is 45.8 Å². The molecule has 1 aromatic rings. The summed E-state index contributed by atoms with van der Waals surface area (Å²) in [5, 5.41) is 3.20. The molecular weight excluding hydrogens is 345 g/mol. The molecule has 0 spiro atoms. The van der Waals surface area contributed by atoms with E-state index in [-0.39, 0.29) is 0 Å². The average Bonchev–Trinajstić information content (AvgIpc) is 3.13. The molecule has 26 heavy (non-hydrogen) atoms. The van der Waals surface area contributed by atoms with Gasteiger partial charge in [0.2, 0.25) is 0 Å². The number of halogens is 3. The fourth-order valence-electron chi connectivity index (χ4n) is 3.55. The molecule has 1 atom stereocenters. The molecule has 2 aliphatic rings. The molecule has 0 saturated carbocycles. The van der Waals surface area contributed by atoms with Crippen LogP contribution in [0, 0.1) is 0 Å². The Morgan fingerprint density at radius 1 is 1.27 bits per heavy atom. The third kappa shape index (κ3) is 4.67. The van der Waals surface area contributed by atoms with Gasteiger partial charge in [-0.05, 0) is 24.1 Å². The Hall–Kier alpha value is -1.80. The van der Waals surface area contributed by atoms with Crippen LogP contribution in [0.5, 0.6) is 0 Å². The van der Waals surface area contributed by atoms with E-state index in [1.54, 1.807) is 13.1 Å². The Morgan fingerprint density at radius 2 is 2.04 bits per heavy atom. The van der Waals surface area contributed by atoms with Crippen molar-refractivity contribution in [1.29, 1.82) is 0 Å². The van der Waals surface area contributed by atoms with Gasteiger partial charge in [0.25, 0.3) is 0 Å². The van der Waals surface area contributed by atoms with E-state index >= 15 is 0 Å². The zero-order valence-corrected chi connectivity index (χ0v) is 14.9. The maximum absolute atomic E-state index is 12.8. The number of ether oxygens (including phenoxy) is 1. The van der Waals surface area contributed by atoms with Gasteiger partial charge >= 0.3 is 6.18 Å². The van der Waals surface area contributed by atoms with Gasteiger partial charge in [-0.2, -0.15) is 13.2 Å². The summed E-state index contributed by atoms with van der Waals surface area (Å²) >= 11 is 0. The van der Waals surface area contributed by atoms with Crippen molar-refractivity contribution in [3.63, 3.8) is 0 Å². The SMILES string of the molecule is CN=C(NCc1cccc(C(F)(F)F)c1)N1CCC(N2CCOCC2)C1. The first-order valence-electron chi connectivity index (χ1n) is 8.91. The summed E-state index contributed by atoms with van der Waals surface area (Å²) in [4.78, 5) is 8.92. The minimum Gasteiger partial charge on any atom is -0.379 e. The maximum Gasteiger partial charge on any atom is 0.416 e. The summed E-state index contributed by atoms with van der Waals surface area (Å²) in [6, 6.07) is 5.88. The molecule has 1 aromatic carbocycles. The zero-order valence-electron chi connectivity index (χ0n) is 14.9. The average molecular weight is 370 g/mol. The molecule has 8 heteroatoms. The normalized spacial score (nSPS) is 22.7. The van der Waals surface area contributed by atoms with Crippen LogP contribution in [0.3, 0.4) is 0 Å². The first-order chi connectivity index (χ1) is 12.5. The van der Waals surface area contributed by atoms with Gasteiger partial charge in [-0.1, -0.05) is 12.1 Å². The van der Waals surface area contributed by atoms with Crippen LogP contribution in [-0.2, 0) is 17.5 Å². The van der Waals surface area contributed by atoms with Gasteiger partial charge in [-0.15, -0.1) is 0 Å². The molecule has 2 heterocycles. The van der Waals surface area contributed by atoms with E-state index in [9.17, 15) is 13.2 Å². The first-order valence-corrected chi connectivity index (χ1v) is 8.91. The second-order valence-corrected chi connectivity index (χ2v) is 6.64. The summed E-state index contributed by atoms with van der Waals surface area (Å²) in [6.07, 6.45) is -3.26. The van der Waals surface area contributed by atoms with Crippen molar-refractivity contribution in [3.8, 4) is 0 Å². The summed E-state index contributed by atoms with van der Waals surface area (Å²) in [7, 11) is 1.70. The van der Waals surface area contributed by atoms with Crippen LogP contribution < -0.4 is 5.32 Å². The Balaban J connectivity index is 1.55. The lowest BCUT2D eigenvalue weighted by Gasteiger charge is -2.32. The van der Waals surface area contributed by atoms with Crippen molar-refractivity contribution in [2.24, 2.45) is 4.99 Å².